The molecule has 28 heavy (non-hydrogen) atoms. The zero-order chi connectivity index (χ0) is 19.7. The van der Waals surface area contributed by atoms with Gasteiger partial charge in [0.2, 0.25) is 17.2 Å². The Kier molecular flexibility index (Phi) is 5.76. The SMILES string of the molecule is CCn1cnc2c(NC3CCN(S(=O)O)C3)nc(NC(CO)CC3CC3)nc21. The van der Waals surface area contributed by atoms with Crippen LogP contribution in [0.15, 0.2) is 6.33 Å². The molecule has 11 heteroatoms. The van der Waals surface area contributed by atoms with Gasteiger partial charge in [0, 0.05) is 25.7 Å². The number of rotatable bonds is 9. The first-order chi connectivity index (χ1) is 13.6. The molecule has 1 saturated heterocycles. The molecule has 3 heterocycles. The molecule has 2 fully saturated rings. The van der Waals surface area contributed by atoms with Gasteiger partial charge in [-0.2, -0.15) is 14.3 Å². The average molecular weight is 410 g/mol. The van der Waals surface area contributed by atoms with Gasteiger partial charge in [-0.1, -0.05) is 12.8 Å². The van der Waals surface area contributed by atoms with E-state index in [1.807, 2.05) is 11.5 Å². The van der Waals surface area contributed by atoms with Gasteiger partial charge in [-0.15, -0.1) is 0 Å². The van der Waals surface area contributed by atoms with E-state index in [1.165, 1.54) is 17.1 Å². The van der Waals surface area contributed by atoms with Crippen molar-refractivity contribution >= 4 is 34.2 Å². The van der Waals surface area contributed by atoms with Crippen LogP contribution in [0.2, 0.25) is 0 Å². The third kappa shape index (κ3) is 4.27. The Morgan fingerprint density at radius 2 is 2.18 bits per heavy atom. The Balaban J connectivity index is 1.58. The van der Waals surface area contributed by atoms with Crippen LogP contribution in [-0.2, 0) is 17.8 Å². The number of hydrogen-bond acceptors (Lipinski definition) is 7. The monoisotopic (exact) mass is 409 g/mol. The molecule has 0 bridgehead atoms. The van der Waals surface area contributed by atoms with Crippen LogP contribution in [0, 0.1) is 5.92 Å². The van der Waals surface area contributed by atoms with Crippen LogP contribution >= 0.6 is 0 Å². The number of anilines is 2. The van der Waals surface area contributed by atoms with Gasteiger partial charge >= 0.3 is 0 Å². The summed E-state index contributed by atoms with van der Waals surface area (Å²) in [6.07, 6.45) is 5.84. The molecule has 4 rings (SSSR count). The summed E-state index contributed by atoms with van der Waals surface area (Å²) in [5.74, 6) is 1.75. The number of aliphatic hydroxyl groups is 1. The molecule has 3 atom stereocenters. The van der Waals surface area contributed by atoms with Gasteiger partial charge in [0.15, 0.2) is 17.0 Å². The lowest BCUT2D eigenvalue weighted by molar-refractivity contribution is 0.265. The molecule has 1 aliphatic heterocycles. The van der Waals surface area contributed by atoms with Crippen molar-refractivity contribution in [1.29, 1.82) is 0 Å². The summed E-state index contributed by atoms with van der Waals surface area (Å²) >= 11 is -1.96. The smallest absolute Gasteiger partial charge is 0.234 e. The van der Waals surface area contributed by atoms with Gasteiger partial charge in [-0.3, -0.25) is 4.55 Å². The summed E-state index contributed by atoms with van der Waals surface area (Å²) in [7, 11) is 0. The molecule has 2 aliphatic rings. The van der Waals surface area contributed by atoms with Crippen LogP contribution in [0.3, 0.4) is 0 Å². The molecule has 0 radical (unpaired) electrons. The van der Waals surface area contributed by atoms with E-state index in [0.717, 1.165) is 25.0 Å². The van der Waals surface area contributed by atoms with Gasteiger partial charge < -0.3 is 20.3 Å². The van der Waals surface area contributed by atoms with Crippen LogP contribution in [0.25, 0.3) is 11.2 Å². The lowest BCUT2D eigenvalue weighted by Gasteiger charge is -2.18. The summed E-state index contributed by atoms with van der Waals surface area (Å²) in [5, 5.41) is 16.4. The molecule has 2 aromatic heterocycles. The van der Waals surface area contributed by atoms with Crippen LogP contribution in [0.4, 0.5) is 11.8 Å². The number of aliphatic hydroxyl groups excluding tert-OH is 1. The number of nitrogens with one attached hydrogen (secondary N) is 2. The molecule has 0 spiro atoms. The van der Waals surface area contributed by atoms with E-state index in [0.29, 0.717) is 36.3 Å². The number of fused-ring (bicyclic) bond motifs is 1. The summed E-state index contributed by atoms with van der Waals surface area (Å²) < 4.78 is 24.0. The maximum atomic E-state index is 11.3. The first-order valence-electron chi connectivity index (χ1n) is 9.80. The minimum atomic E-state index is -1.96. The maximum Gasteiger partial charge on any atom is 0.234 e. The average Bonchev–Trinajstić information content (AvgIpc) is 3.20. The lowest BCUT2D eigenvalue weighted by atomic mass is 10.1. The summed E-state index contributed by atoms with van der Waals surface area (Å²) in [5.41, 5.74) is 1.41. The van der Waals surface area contributed by atoms with E-state index in [4.69, 9.17) is 0 Å². The van der Waals surface area contributed by atoms with E-state index >= 15 is 0 Å². The normalized spacial score (nSPS) is 22.5. The first-order valence-corrected chi connectivity index (χ1v) is 10.9. The molecule has 1 aliphatic carbocycles. The Morgan fingerprint density at radius 3 is 2.82 bits per heavy atom. The number of hydrogen-bond donors (Lipinski definition) is 4. The fraction of sp³-hybridized carbons (Fsp3) is 0.706. The molecule has 1 saturated carbocycles. The highest BCUT2D eigenvalue weighted by atomic mass is 32.2. The zero-order valence-electron chi connectivity index (χ0n) is 15.9. The van der Waals surface area contributed by atoms with Gasteiger partial charge in [0.05, 0.1) is 19.0 Å². The van der Waals surface area contributed by atoms with E-state index in [2.05, 4.69) is 25.6 Å². The first kappa shape index (κ1) is 19.5. The van der Waals surface area contributed by atoms with Crippen molar-refractivity contribution in [3.8, 4) is 0 Å². The summed E-state index contributed by atoms with van der Waals surface area (Å²) in [6, 6.07) is -0.0662. The third-order valence-corrected chi connectivity index (χ3v) is 6.16. The molecule has 10 nitrogen and oxygen atoms in total. The van der Waals surface area contributed by atoms with Crippen molar-refractivity contribution in [2.75, 3.05) is 30.3 Å². The second-order valence-corrected chi connectivity index (χ2v) is 8.53. The molecule has 154 valence electrons. The molecule has 4 N–H and O–H groups in total. The predicted octanol–water partition coefficient (Wildman–Crippen LogP) is 1.04. The highest BCUT2D eigenvalue weighted by Crippen LogP contribution is 2.34. The standard InChI is InChI=1S/C17H27N7O3S/c1-2-23-10-18-14-15(19-12-5-6-24(8-12)28(26)27)21-17(22-16(14)23)20-13(9-25)7-11-3-4-11/h10-13,25H,2-9H2,1H3,(H,26,27)(H2,19,20,21,22). The van der Waals surface area contributed by atoms with Crippen LogP contribution < -0.4 is 10.6 Å². The molecule has 0 amide bonds. The third-order valence-electron chi connectivity index (χ3n) is 5.39. The Morgan fingerprint density at radius 1 is 1.36 bits per heavy atom. The number of imidazole rings is 1. The maximum absolute atomic E-state index is 11.3. The van der Waals surface area contributed by atoms with Crippen molar-refractivity contribution in [2.45, 2.75) is 51.2 Å². The summed E-state index contributed by atoms with van der Waals surface area (Å²) in [6.45, 7) is 3.81. The minimum Gasteiger partial charge on any atom is -0.394 e. The molecule has 2 aromatic rings. The van der Waals surface area contributed by atoms with Crippen molar-refractivity contribution in [1.82, 2.24) is 23.8 Å². The van der Waals surface area contributed by atoms with Crippen molar-refractivity contribution in [3.05, 3.63) is 6.33 Å². The largest absolute Gasteiger partial charge is 0.394 e. The van der Waals surface area contributed by atoms with Gasteiger partial charge in [-0.05, 0) is 25.7 Å². The molecule has 3 unspecified atom stereocenters. The van der Waals surface area contributed by atoms with E-state index in [-0.39, 0.29) is 18.7 Å². The fourth-order valence-corrected chi connectivity index (χ4v) is 4.21. The fourth-order valence-electron chi connectivity index (χ4n) is 3.64. The molecular weight excluding hydrogens is 382 g/mol. The second kappa shape index (κ2) is 8.27. The lowest BCUT2D eigenvalue weighted by Crippen LogP contribution is -2.28. The van der Waals surface area contributed by atoms with Crippen LogP contribution in [-0.4, -0.2) is 69.5 Å². The quantitative estimate of drug-likeness (QED) is 0.452. The predicted molar refractivity (Wildman–Crippen MR) is 107 cm³/mol. The van der Waals surface area contributed by atoms with Crippen molar-refractivity contribution < 1.29 is 13.9 Å². The van der Waals surface area contributed by atoms with Crippen molar-refractivity contribution in [3.63, 3.8) is 0 Å². The molecular formula is C17H27N7O3S. The number of nitrogens with zero attached hydrogens (tertiary/aromatic N) is 5. The highest BCUT2D eigenvalue weighted by molar-refractivity contribution is 7.76. The minimum absolute atomic E-state index is 0.00827. The van der Waals surface area contributed by atoms with E-state index in [9.17, 15) is 13.9 Å². The zero-order valence-corrected chi connectivity index (χ0v) is 16.7. The number of aromatic nitrogens is 4. The number of aryl methyl sites for hydroxylation is 1. The van der Waals surface area contributed by atoms with Gasteiger partial charge in [0.25, 0.3) is 0 Å². The topological polar surface area (TPSA) is 128 Å². The van der Waals surface area contributed by atoms with Gasteiger partial charge in [-0.25, -0.2) is 9.19 Å². The Labute approximate surface area is 166 Å². The Hall–Kier alpha value is -1.82. The van der Waals surface area contributed by atoms with Crippen LogP contribution in [0.5, 0.6) is 0 Å². The van der Waals surface area contributed by atoms with Crippen LogP contribution in [0.1, 0.15) is 32.6 Å². The molecule has 0 aromatic carbocycles. The second-order valence-electron chi connectivity index (χ2n) is 7.55. The summed E-state index contributed by atoms with van der Waals surface area (Å²) in [4.78, 5) is 13.7. The van der Waals surface area contributed by atoms with E-state index in [1.54, 1.807) is 6.33 Å². The van der Waals surface area contributed by atoms with Crippen molar-refractivity contribution in [2.24, 2.45) is 5.92 Å². The van der Waals surface area contributed by atoms with E-state index < -0.39 is 11.3 Å². The highest BCUT2D eigenvalue weighted by Gasteiger charge is 2.28. The Bertz CT molecular complexity index is 857. The van der Waals surface area contributed by atoms with Gasteiger partial charge in [0.1, 0.15) is 0 Å².